The van der Waals surface area contributed by atoms with Crippen molar-refractivity contribution in [1.82, 2.24) is 9.78 Å². The second kappa shape index (κ2) is 10.3. The lowest BCUT2D eigenvalue weighted by Gasteiger charge is -2.18. The summed E-state index contributed by atoms with van der Waals surface area (Å²) in [5.74, 6) is 0. The van der Waals surface area contributed by atoms with Gasteiger partial charge in [0.2, 0.25) is 0 Å². The molecular formula is C16H28N2O6S. The molecule has 0 saturated heterocycles. The second-order valence-corrected chi connectivity index (χ2v) is 7.21. The van der Waals surface area contributed by atoms with E-state index in [-0.39, 0.29) is 0 Å². The third kappa shape index (κ3) is 12.3. The van der Waals surface area contributed by atoms with Gasteiger partial charge in [0.05, 0.1) is 5.69 Å². The van der Waals surface area contributed by atoms with Crippen LogP contribution >= 0.6 is 0 Å². The summed E-state index contributed by atoms with van der Waals surface area (Å²) < 4.78 is 38.2. The highest BCUT2D eigenvalue weighted by molar-refractivity contribution is 7.79. The van der Waals surface area contributed by atoms with Gasteiger partial charge in [-0.05, 0) is 51.7 Å². The Bertz CT molecular complexity index is 663. The first-order valence-electron chi connectivity index (χ1n) is 8.05. The normalized spacial score (nSPS) is 12.4. The average molecular weight is 376 g/mol. The summed E-state index contributed by atoms with van der Waals surface area (Å²) in [5, 5.41) is 4.34. The van der Waals surface area contributed by atoms with Gasteiger partial charge in [0.25, 0.3) is 0 Å². The van der Waals surface area contributed by atoms with Crippen LogP contribution in [0.15, 0.2) is 18.3 Å². The molecule has 0 aliphatic carbocycles. The summed E-state index contributed by atoms with van der Waals surface area (Å²) in [6.07, 6.45) is 7.65. The number of ether oxygens (including phenoxy) is 1. The van der Waals surface area contributed by atoms with Gasteiger partial charge in [-0.3, -0.25) is 9.11 Å². The van der Waals surface area contributed by atoms with E-state index in [0.717, 1.165) is 31.4 Å². The van der Waals surface area contributed by atoms with E-state index in [2.05, 4.69) is 25.0 Å². The number of hydrogen-bond donors (Lipinski definition) is 2. The molecule has 0 atom stereocenters. The number of carbonyl (C=O) groups excluding carboxylic acids is 1. The average Bonchev–Trinajstić information content (AvgIpc) is 2.89. The van der Waals surface area contributed by atoms with E-state index in [1.165, 1.54) is 10.3 Å². The third-order valence-electron chi connectivity index (χ3n) is 2.75. The lowest BCUT2D eigenvalue weighted by atomic mass is 10.0. The number of carbonyl (C=O) groups is 1. The van der Waals surface area contributed by atoms with Crippen LogP contribution in [0.4, 0.5) is 4.79 Å². The molecule has 0 aliphatic rings. The molecule has 0 aliphatic heterocycles. The van der Waals surface area contributed by atoms with Crippen molar-refractivity contribution in [3.05, 3.63) is 24.0 Å². The topological polar surface area (TPSA) is 119 Å². The Kier molecular flexibility index (Phi) is 9.61. The van der Waals surface area contributed by atoms with Crippen molar-refractivity contribution >= 4 is 22.1 Å². The molecule has 9 heteroatoms. The summed E-state index contributed by atoms with van der Waals surface area (Å²) in [6, 6.07) is 1.88. The molecule has 0 amide bonds. The summed E-state index contributed by atoms with van der Waals surface area (Å²) >= 11 is 0. The van der Waals surface area contributed by atoms with E-state index in [0.29, 0.717) is 0 Å². The molecule has 0 aromatic carbocycles. The smallest absolute Gasteiger partial charge is 0.435 e. The fraction of sp³-hybridized carbons (Fsp3) is 0.625. The molecule has 25 heavy (non-hydrogen) atoms. The standard InChI is InChI=1S/C16H26N2O2.H2O4S/c1-6-8-10-13(9-7-2)14-11-12-18(17-14)15(19)20-16(3,4)5;1-5(2,3)4/h9,11-12H,6-8,10H2,1-5H3;(H2,1,2,3,4). The minimum absolute atomic E-state index is 0.435. The van der Waals surface area contributed by atoms with E-state index >= 15 is 0 Å². The maximum atomic E-state index is 11.9. The summed E-state index contributed by atoms with van der Waals surface area (Å²) in [5.41, 5.74) is 1.57. The Morgan fingerprint density at radius 2 is 1.88 bits per heavy atom. The summed E-state index contributed by atoms with van der Waals surface area (Å²) in [4.78, 5) is 11.9. The molecule has 1 rings (SSSR count). The van der Waals surface area contributed by atoms with Gasteiger partial charge in [0, 0.05) is 6.20 Å². The maximum absolute atomic E-state index is 11.9. The highest BCUT2D eigenvalue weighted by atomic mass is 32.3. The van der Waals surface area contributed by atoms with E-state index in [9.17, 15) is 4.79 Å². The number of unbranched alkanes of at least 4 members (excludes halogenated alkanes) is 1. The van der Waals surface area contributed by atoms with Crippen LogP contribution in [0.25, 0.3) is 5.57 Å². The van der Waals surface area contributed by atoms with Crippen LogP contribution in [-0.2, 0) is 15.1 Å². The monoisotopic (exact) mass is 376 g/mol. The van der Waals surface area contributed by atoms with Gasteiger partial charge in [-0.25, -0.2) is 4.79 Å². The van der Waals surface area contributed by atoms with E-state index in [4.69, 9.17) is 22.3 Å². The van der Waals surface area contributed by atoms with E-state index in [1.54, 1.807) is 6.20 Å². The number of aromatic nitrogens is 2. The molecule has 0 fully saturated rings. The number of nitrogens with zero attached hydrogens (tertiary/aromatic N) is 2. The minimum atomic E-state index is -4.67. The number of rotatable bonds is 5. The third-order valence-corrected chi connectivity index (χ3v) is 2.75. The van der Waals surface area contributed by atoms with Gasteiger partial charge in [-0.15, -0.1) is 0 Å². The molecule has 1 aromatic rings. The molecule has 144 valence electrons. The Labute approximate surface area is 149 Å². The zero-order valence-corrected chi connectivity index (χ0v) is 16.2. The zero-order chi connectivity index (χ0) is 19.7. The van der Waals surface area contributed by atoms with Crippen LogP contribution in [0.1, 0.15) is 66.0 Å². The molecule has 0 spiro atoms. The largest absolute Gasteiger partial charge is 0.442 e. The fourth-order valence-electron chi connectivity index (χ4n) is 1.85. The molecule has 0 radical (unpaired) electrons. The van der Waals surface area contributed by atoms with Crippen molar-refractivity contribution in [1.29, 1.82) is 0 Å². The van der Waals surface area contributed by atoms with Gasteiger partial charge in [0.1, 0.15) is 5.60 Å². The summed E-state index contributed by atoms with van der Waals surface area (Å²) in [7, 11) is -4.67. The van der Waals surface area contributed by atoms with Crippen LogP contribution < -0.4 is 0 Å². The molecule has 2 N–H and O–H groups in total. The fourth-order valence-corrected chi connectivity index (χ4v) is 1.85. The van der Waals surface area contributed by atoms with Crippen LogP contribution in [0.3, 0.4) is 0 Å². The van der Waals surface area contributed by atoms with Gasteiger partial charge in [-0.2, -0.15) is 18.2 Å². The van der Waals surface area contributed by atoms with Crippen molar-refractivity contribution in [2.24, 2.45) is 0 Å². The first-order chi connectivity index (χ1) is 11.4. The molecule has 1 aromatic heterocycles. The van der Waals surface area contributed by atoms with Crippen molar-refractivity contribution in [3.8, 4) is 0 Å². The van der Waals surface area contributed by atoms with Crippen LogP contribution in [0, 0.1) is 0 Å². The zero-order valence-electron chi connectivity index (χ0n) is 15.4. The molecule has 0 bridgehead atoms. The molecule has 0 unspecified atom stereocenters. The van der Waals surface area contributed by atoms with Gasteiger partial charge >= 0.3 is 16.5 Å². The van der Waals surface area contributed by atoms with Gasteiger partial charge in [-0.1, -0.05) is 26.3 Å². The predicted molar refractivity (Wildman–Crippen MR) is 95.8 cm³/mol. The highest BCUT2D eigenvalue weighted by Gasteiger charge is 2.18. The maximum Gasteiger partial charge on any atom is 0.435 e. The quantitative estimate of drug-likeness (QED) is 0.745. The van der Waals surface area contributed by atoms with Crippen molar-refractivity contribution in [2.75, 3.05) is 0 Å². The Hall–Kier alpha value is -1.71. The molecule has 8 nitrogen and oxygen atoms in total. The molecular weight excluding hydrogens is 348 g/mol. The van der Waals surface area contributed by atoms with Crippen LogP contribution in [0.5, 0.6) is 0 Å². The van der Waals surface area contributed by atoms with Gasteiger partial charge in [0.15, 0.2) is 0 Å². The van der Waals surface area contributed by atoms with E-state index < -0.39 is 22.1 Å². The Balaban J connectivity index is 0.00000101. The van der Waals surface area contributed by atoms with Crippen LogP contribution in [0.2, 0.25) is 0 Å². The van der Waals surface area contributed by atoms with Crippen molar-refractivity contribution in [2.45, 2.75) is 65.9 Å². The predicted octanol–water partition coefficient (Wildman–Crippen LogP) is 4.00. The Morgan fingerprint density at radius 3 is 2.32 bits per heavy atom. The first-order valence-corrected chi connectivity index (χ1v) is 9.45. The first kappa shape index (κ1) is 23.3. The summed E-state index contributed by atoms with van der Waals surface area (Å²) in [6.45, 7) is 9.82. The lowest BCUT2D eigenvalue weighted by molar-refractivity contribution is 0.0514. The number of hydrogen-bond acceptors (Lipinski definition) is 5. The van der Waals surface area contributed by atoms with Crippen molar-refractivity contribution in [3.63, 3.8) is 0 Å². The molecule has 0 saturated carbocycles. The minimum Gasteiger partial charge on any atom is -0.442 e. The highest BCUT2D eigenvalue weighted by Crippen LogP contribution is 2.20. The second-order valence-electron chi connectivity index (χ2n) is 6.31. The van der Waals surface area contributed by atoms with E-state index in [1.807, 2.05) is 26.8 Å². The SMILES string of the molecule is CCC=C(CCCC)c1ccn(C(=O)OC(C)(C)C)n1.O=S(=O)(O)O. The molecule has 1 heterocycles. The lowest BCUT2D eigenvalue weighted by Crippen LogP contribution is -2.27. The van der Waals surface area contributed by atoms with Gasteiger partial charge < -0.3 is 4.74 Å². The Morgan fingerprint density at radius 1 is 1.32 bits per heavy atom. The van der Waals surface area contributed by atoms with Crippen molar-refractivity contribution < 1.29 is 27.1 Å². The van der Waals surface area contributed by atoms with Crippen LogP contribution in [-0.4, -0.2) is 39.0 Å². The number of allylic oxidation sites excluding steroid dienone is 2.